The topological polar surface area (TPSA) is 41.5 Å². The standard InChI is InChI=1S/C15H12F3NO2/c16-15(17,18)9-2-1-3-10(6-9)19-13-8-21-14-7-11(20)4-5-12(13)14/h1-7,13,19-20H,8H2. The van der Waals surface area contributed by atoms with Gasteiger partial charge in [-0.05, 0) is 30.3 Å². The van der Waals surface area contributed by atoms with Crippen LogP contribution in [0, 0.1) is 0 Å². The molecule has 0 saturated heterocycles. The molecular weight excluding hydrogens is 283 g/mol. The highest BCUT2D eigenvalue weighted by Gasteiger charge is 2.31. The molecule has 1 atom stereocenters. The second-order valence-corrected chi connectivity index (χ2v) is 4.81. The van der Waals surface area contributed by atoms with E-state index in [0.29, 0.717) is 18.0 Å². The Balaban J connectivity index is 1.83. The average Bonchev–Trinajstić information content (AvgIpc) is 2.80. The molecule has 0 aromatic heterocycles. The van der Waals surface area contributed by atoms with Crippen LogP contribution in [0.4, 0.5) is 18.9 Å². The molecule has 110 valence electrons. The van der Waals surface area contributed by atoms with Gasteiger partial charge in [0.1, 0.15) is 18.1 Å². The fourth-order valence-corrected chi connectivity index (χ4v) is 2.30. The van der Waals surface area contributed by atoms with Crippen molar-refractivity contribution in [2.75, 3.05) is 11.9 Å². The number of anilines is 1. The van der Waals surface area contributed by atoms with Crippen LogP contribution >= 0.6 is 0 Å². The molecule has 0 saturated carbocycles. The van der Waals surface area contributed by atoms with Crippen molar-refractivity contribution in [2.24, 2.45) is 0 Å². The van der Waals surface area contributed by atoms with E-state index in [0.717, 1.165) is 17.7 Å². The van der Waals surface area contributed by atoms with E-state index in [1.165, 1.54) is 18.2 Å². The maximum atomic E-state index is 12.7. The number of rotatable bonds is 2. The number of hydrogen-bond acceptors (Lipinski definition) is 3. The van der Waals surface area contributed by atoms with Crippen LogP contribution in [0.1, 0.15) is 17.2 Å². The van der Waals surface area contributed by atoms with Gasteiger partial charge in [0.15, 0.2) is 0 Å². The Kier molecular flexibility index (Phi) is 3.16. The molecule has 1 aliphatic heterocycles. The summed E-state index contributed by atoms with van der Waals surface area (Å²) in [5.74, 6) is 0.632. The van der Waals surface area contributed by atoms with E-state index in [4.69, 9.17) is 4.74 Å². The molecule has 0 amide bonds. The maximum Gasteiger partial charge on any atom is 0.416 e. The average molecular weight is 295 g/mol. The fraction of sp³-hybridized carbons (Fsp3) is 0.200. The van der Waals surface area contributed by atoms with E-state index in [-0.39, 0.29) is 11.8 Å². The lowest BCUT2D eigenvalue weighted by Crippen LogP contribution is -2.13. The second-order valence-electron chi connectivity index (χ2n) is 4.81. The highest BCUT2D eigenvalue weighted by Crippen LogP contribution is 2.37. The number of halogens is 3. The number of fused-ring (bicyclic) bond motifs is 1. The summed E-state index contributed by atoms with van der Waals surface area (Å²) in [6.07, 6.45) is -4.37. The third kappa shape index (κ3) is 2.74. The Morgan fingerprint density at radius 3 is 2.71 bits per heavy atom. The molecule has 1 heterocycles. The van der Waals surface area contributed by atoms with Crippen molar-refractivity contribution < 1.29 is 23.0 Å². The minimum absolute atomic E-state index is 0.0912. The van der Waals surface area contributed by atoms with Crippen LogP contribution in [-0.4, -0.2) is 11.7 Å². The number of ether oxygens (including phenoxy) is 1. The van der Waals surface area contributed by atoms with Crippen LogP contribution in [0.3, 0.4) is 0 Å². The van der Waals surface area contributed by atoms with Gasteiger partial charge in [-0.1, -0.05) is 6.07 Å². The summed E-state index contributed by atoms with van der Waals surface area (Å²) in [7, 11) is 0. The van der Waals surface area contributed by atoms with Gasteiger partial charge in [0.2, 0.25) is 0 Å². The van der Waals surface area contributed by atoms with Crippen LogP contribution in [0.5, 0.6) is 11.5 Å². The van der Waals surface area contributed by atoms with E-state index in [2.05, 4.69) is 5.32 Å². The van der Waals surface area contributed by atoms with Crippen LogP contribution in [0.2, 0.25) is 0 Å². The van der Waals surface area contributed by atoms with Gasteiger partial charge >= 0.3 is 6.18 Å². The molecule has 2 aromatic carbocycles. The third-order valence-electron chi connectivity index (χ3n) is 3.31. The fourth-order valence-electron chi connectivity index (χ4n) is 2.30. The zero-order valence-corrected chi connectivity index (χ0v) is 10.8. The van der Waals surface area contributed by atoms with Gasteiger partial charge < -0.3 is 15.2 Å². The predicted octanol–water partition coefficient (Wildman–Crippen LogP) is 3.96. The monoisotopic (exact) mass is 295 g/mol. The number of hydrogen-bond donors (Lipinski definition) is 2. The summed E-state index contributed by atoms with van der Waals surface area (Å²) in [5, 5.41) is 12.4. The van der Waals surface area contributed by atoms with Crippen LogP contribution in [0.15, 0.2) is 42.5 Å². The number of phenolic OH excluding ortho intramolecular Hbond substituents is 1. The molecule has 2 aromatic rings. The Morgan fingerprint density at radius 1 is 1.14 bits per heavy atom. The summed E-state index contributed by atoms with van der Waals surface area (Å²) in [4.78, 5) is 0. The van der Waals surface area contributed by atoms with Gasteiger partial charge in [-0.15, -0.1) is 0 Å². The molecule has 0 spiro atoms. The largest absolute Gasteiger partial charge is 0.508 e. The van der Waals surface area contributed by atoms with Crippen LogP contribution in [-0.2, 0) is 6.18 Å². The number of aromatic hydroxyl groups is 1. The minimum Gasteiger partial charge on any atom is -0.508 e. The molecule has 0 aliphatic carbocycles. The van der Waals surface area contributed by atoms with Crippen molar-refractivity contribution in [3.05, 3.63) is 53.6 Å². The summed E-state index contributed by atoms with van der Waals surface area (Å²) in [6.45, 7) is 0.301. The van der Waals surface area contributed by atoms with Gasteiger partial charge in [0.05, 0.1) is 11.6 Å². The molecule has 3 nitrogen and oxygen atoms in total. The van der Waals surface area contributed by atoms with Crippen LogP contribution in [0.25, 0.3) is 0 Å². The second kappa shape index (κ2) is 4.87. The molecule has 0 radical (unpaired) electrons. The molecule has 3 rings (SSSR count). The molecule has 1 unspecified atom stereocenters. The zero-order chi connectivity index (χ0) is 15.0. The minimum atomic E-state index is -4.37. The Hall–Kier alpha value is -2.37. The lowest BCUT2D eigenvalue weighted by Gasteiger charge is -2.15. The Morgan fingerprint density at radius 2 is 1.95 bits per heavy atom. The zero-order valence-electron chi connectivity index (χ0n) is 10.8. The summed E-state index contributed by atoms with van der Waals surface area (Å²) in [5.41, 5.74) is 0.488. The van der Waals surface area contributed by atoms with Crippen molar-refractivity contribution in [3.8, 4) is 11.5 Å². The predicted molar refractivity (Wildman–Crippen MR) is 71.4 cm³/mol. The smallest absolute Gasteiger partial charge is 0.416 e. The van der Waals surface area contributed by atoms with E-state index >= 15 is 0 Å². The van der Waals surface area contributed by atoms with E-state index in [1.54, 1.807) is 12.1 Å². The maximum absolute atomic E-state index is 12.7. The normalized spacial score (nSPS) is 17.2. The SMILES string of the molecule is Oc1ccc2c(c1)OCC2Nc1cccc(C(F)(F)F)c1. The lowest BCUT2D eigenvalue weighted by atomic mass is 10.1. The molecular formula is C15H12F3NO2. The first-order chi connectivity index (χ1) is 9.93. The highest BCUT2D eigenvalue weighted by atomic mass is 19.4. The molecule has 2 N–H and O–H groups in total. The summed E-state index contributed by atoms with van der Waals surface area (Å²) >= 11 is 0. The highest BCUT2D eigenvalue weighted by molar-refractivity contribution is 5.52. The number of phenols is 1. The Bertz CT molecular complexity index is 670. The number of benzene rings is 2. The molecule has 1 aliphatic rings. The van der Waals surface area contributed by atoms with Crippen molar-refractivity contribution >= 4 is 5.69 Å². The van der Waals surface area contributed by atoms with Gasteiger partial charge in [-0.3, -0.25) is 0 Å². The van der Waals surface area contributed by atoms with Crippen molar-refractivity contribution in [1.82, 2.24) is 0 Å². The third-order valence-corrected chi connectivity index (χ3v) is 3.31. The lowest BCUT2D eigenvalue weighted by molar-refractivity contribution is -0.137. The van der Waals surface area contributed by atoms with Crippen LogP contribution < -0.4 is 10.1 Å². The van der Waals surface area contributed by atoms with Crippen molar-refractivity contribution in [3.63, 3.8) is 0 Å². The Labute approximate surface area is 119 Å². The molecule has 0 fully saturated rings. The first kappa shape index (κ1) is 13.6. The quantitative estimate of drug-likeness (QED) is 0.881. The van der Waals surface area contributed by atoms with Gasteiger partial charge in [-0.2, -0.15) is 13.2 Å². The summed E-state index contributed by atoms with van der Waals surface area (Å²) < 4.78 is 43.5. The molecule has 0 bridgehead atoms. The van der Waals surface area contributed by atoms with Gasteiger partial charge in [0, 0.05) is 17.3 Å². The number of nitrogens with one attached hydrogen (secondary N) is 1. The molecule has 6 heteroatoms. The molecule has 21 heavy (non-hydrogen) atoms. The number of alkyl halides is 3. The van der Waals surface area contributed by atoms with E-state index < -0.39 is 11.7 Å². The van der Waals surface area contributed by atoms with E-state index in [9.17, 15) is 18.3 Å². The first-order valence-electron chi connectivity index (χ1n) is 6.33. The van der Waals surface area contributed by atoms with Gasteiger partial charge in [-0.25, -0.2) is 0 Å². The van der Waals surface area contributed by atoms with Gasteiger partial charge in [0.25, 0.3) is 0 Å². The van der Waals surface area contributed by atoms with Crippen molar-refractivity contribution in [1.29, 1.82) is 0 Å². The summed E-state index contributed by atoms with van der Waals surface area (Å²) in [6, 6.07) is 9.50. The van der Waals surface area contributed by atoms with Crippen molar-refractivity contribution in [2.45, 2.75) is 12.2 Å². The first-order valence-corrected chi connectivity index (χ1v) is 6.33. The van der Waals surface area contributed by atoms with E-state index in [1.807, 2.05) is 0 Å².